The van der Waals surface area contributed by atoms with Crippen molar-refractivity contribution in [3.8, 4) is 0 Å². The summed E-state index contributed by atoms with van der Waals surface area (Å²) in [5, 5.41) is 3.09. The van der Waals surface area contributed by atoms with E-state index >= 15 is 0 Å². The molecule has 206 valence electrons. The largest absolute Gasteiger partial charge is 0.326 e. The lowest BCUT2D eigenvalue weighted by Gasteiger charge is -2.31. The van der Waals surface area contributed by atoms with E-state index in [2.05, 4.69) is 25.2 Å². The minimum atomic E-state index is -3.84. The van der Waals surface area contributed by atoms with E-state index in [1.54, 1.807) is 11.6 Å². The Kier molecular flexibility index (Phi) is 9.64. The van der Waals surface area contributed by atoms with Gasteiger partial charge in [-0.25, -0.2) is 12.8 Å². The summed E-state index contributed by atoms with van der Waals surface area (Å²) in [6.45, 7) is 4.87. The second-order valence-electron chi connectivity index (χ2n) is 10.8. The fourth-order valence-electron chi connectivity index (χ4n) is 5.67. The summed E-state index contributed by atoms with van der Waals surface area (Å²) in [7, 11) is -3.84. The summed E-state index contributed by atoms with van der Waals surface area (Å²) < 4.78 is 41.6. The van der Waals surface area contributed by atoms with Gasteiger partial charge in [0, 0.05) is 18.2 Å². The summed E-state index contributed by atoms with van der Waals surface area (Å²) in [6.07, 6.45) is 13.5. The zero-order valence-corrected chi connectivity index (χ0v) is 23.5. The molecule has 0 spiro atoms. The van der Waals surface area contributed by atoms with Crippen LogP contribution in [0.5, 0.6) is 0 Å². The third-order valence-electron chi connectivity index (χ3n) is 8.01. The number of amides is 1. The van der Waals surface area contributed by atoms with Gasteiger partial charge >= 0.3 is 0 Å². The van der Waals surface area contributed by atoms with Gasteiger partial charge in [0.2, 0.25) is 5.91 Å². The van der Waals surface area contributed by atoms with Gasteiger partial charge in [-0.05, 0) is 106 Å². The van der Waals surface area contributed by atoms with Gasteiger partial charge < -0.3 is 5.32 Å². The molecule has 4 rings (SSSR count). The molecule has 2 aliphatic rings. The van der Waals surface area contributed by atoms with Crippen LogP contribution in [-0.2, 0) is 21.2 Å². The van der Waals surface area contributed by atoms with E-state index in [-0.39, 0.29) is 16.7 Å². The molecule has 1 amide bonds. The predicted molar refractivity (Wildman–Crippen MR) is 152 cm³/mol. The number of sulfonamides is 1. The summed E-state index contributed by atoms with van der Waals surface area (Å²) >= 11 is 0. The number of anilines is 2. The number of nitrogens with zero attached hydrogens (tertiary/aromatic N) is 1. The lowest BCUT2D eigenvalue weighted by molar-refractivity contribution is -0.120. The molecule has 0 saturated heterocycles. The van der Waals surface area contributed by atoms with Crippen LogP contribution in [0.25, 0.3) is 0 Å². The number of halogens is 1. The van der Waals surface area contributed by atoms with Gasteiger partial charge in [-0.1, -0.05) is 44.4 Å². The molecular weight excluding hydrogens is 499 g/mol. The van der Waals surface area contributed by atoms with Gasteiger partial charge in [-0.15, -0.1) is 0 Å². The number of fused-ring (bicyclic) bond motifs is 1. The molecule has 1 unspecified atom stereocenters. The highest BCUT2D eigenvalue weighted by molar-refractivity contribution is 7.92. The molecule has 1 aliphatic carbocycles. The quantitative estimate of drug-likeness (QED) is 0.276. The van der Waals surface area contributed by atoms with Crippen molar-refractivity contribution in [3.63, 3.8) is 0 Å². The SMILES string of the molecule is CCCCC/C1=C\CCCC(C(=O)Nc2ccc3c(c2)N(S(=O)(=O)c2ccc(F)cc2)CCC3)CC[C@@H]1C. The van der Waals surface area contributed by atoms with Crippen LogP contribution in [0, 0.1) is 17.7 Å². The molecule has 0 aromatic heterocycles. The van der Waals surface area contributed by atoms with Crippen LogP contribution in [0.4, 0.5) is 15.8 Å². The van der Waals surface area contributed by atoms with Crippen LogP contribution in [0.3, 0.4) is 0 Å². The second-order valence-corrected chi connectivity index (χ2v) is 12.7. The number of aryl methyl sites for hydroxylation is 1. The Balaban J connectivity index is 1.46. The summed E-state index contributed by atoms with van der Waals surface area (Å²) in [5.41, 5.74) is 3.68. The summed E-state index contributed by atoms with van der Waals surface area (Å²) in [5.74, 6) is -0.0312. The summed E-state index contributed by atoms with van der Waals surface area (Å²) in [4.78, 5) is 13.4. The first kappa shape index (κ1) is 28.3. The number of unbranched alkanes of at least 4 members (excludes halogenated alkanes) is 2. The molecule has 5 nitrogen and oxygen atoms in total. The molecule has 2 aromatic carbocycles. The van der Waals surface area contributed by atoms with Gasteiger partial charge in [0.15, 0.2) is 0 Å². The Morgan fingerprint density at radius 1 is 1.05 bits per heavy atom. The van der Waals surface area contributed by atoms with E-state index in [0.29, 0.717) is 30.3 Å². The molecule has 2 aromatic rings. The highest BCUT2D eigenvalue weighted by Gasteiger charge is 2.30. The van der Waals surface area contributed by atoms with Crippen molar-refractivity contribution in [3.05, 3.63) is 65.5 Å². The third kappa shape index (κ3) is 6.85. The fourth-order valence-corrected chi connectivity index (χ4v) is 7.20. The minimum absolute atomic E-state index is 0.00957. The van der Waals surface area contributed by atoms with Crippen LogP contribution in [-0.4, -0.2) is 20.9 Å². The van der Waals surface area contributed by atoms with E-state index in [1.165, 1.54) is 42.1 Å². The Labute approximate surface area is 227 Å². The molecule has 7 heteroatoms. The van der Waals surface area contributed by atoms with Crippen LogP contribution in [0.1, 0.15) is 83.6 Å². The first-order valence-electron chi connectivity index (χ1n) is 14.2. The van der Waals surface area contributed by atoms with E-state index in [1.807, 2.05) is 12.1 Å². The molecular formula is C31H41FN2O3S. The Morgan fingerprint density at radius 2 is 1.84 bits per heavy atom. The van der Waals surface area contributed by atoms with E-state index in [9.17, 15) is 17.6 Å². The highest BCUT2D eigenvalue weighted by atomic mass is 32.2. The number of nitrogens with one attached hydrogen (secondary N) is 1. The van der Waals surface area contributed by atoms with Gasteiger partial charge in [-0.2, -0.15) is 0 Å². The van der Waals surface area contributed by atoms with Crippen LogP contribution < -0.4 is 9.62 Å². The van der Waals surface area contributed by atoms with Gasteiger partial charge in [0.05, 0.1) is 10.6 Å². The molecule has 1 aliphatic heterocycles. The third-order valence-corrected chi connectivity index (χ3v) is 9.84. The Hall–Kier alpha value is -2.67. The summed E-state index contributed by atoms with van der Waals surface area (Å²) in [6, 6.07) is 10.5. The lowest BCUT2D eigenvalue weighted by Crippen LogP contribution is -2.35. The maximum atomic E-state index is 13.4. The van der Waals surface area contributed by atoms with Gasteiger partial charge in [-0.3, -0.25) is 9.10 Å². The number of benzene rings is 2. The first-order valence-corrected chi connectivity index (χ1v) is 15.6. The zero-order chi connectivity index (χ0) is 27.1. The average molecular weight is 541 g/mol. The number of rotatable bonds is 8. The van der Waals surface area contributed by atoms with E-state index in [0.717, 1.165) is 56.2 Å². The number of carbonyl (C=O) groups excluding carboxylic acids is 1. The number of hydrogen-bond acceptors (Lipinski definition) is 3. The molecule has 0 fully saturated rings. The standard InChI is InChI=1S/C31H41FN2O3S/c1-3-4-5-9-24-10-6-7-11-26(14-13-23(24)2)31(35)33-28-18-15-25-12-8-21-34(30(25)22-28)38(36,37)29-19-16-27(32)17-20-29/h10,15-20,22-23,26H,3-9,11-14,21H2,1-2H3,(H,33,35)/b24-10+/t23-,26?/m0/s1. The molecule has 1 heterocycles. The molecule has 0 bridgehead atoms. The van der Waals surface area contributed by atoms with E-state index in [4.69, 9.17) is 0 Å². The molecule has 38 heavy (non-hydrogen) atoms. The van der Waals surface area contributed by atoms with Gasteiger partial charge in [0.1, 0.15) is 5.82 Å². The second kappa shape index (κ2) is 12.9. The normalized spacial score (nSPS) is 21.9. The topological polar surface area (TPSA) is 66.5 Å². The van der Waals surface area contributed by atoms with Crippen molar-refractivity contribution < 1.29 is 17.6 Å². The number of hydrogen-bond donors (Lipinski definition) is 1. The zero-order valence-electron chi connectivity index (χ0n) is 22.7. The first-order chi connectivity index (χ1) is 18.3. The maximum Gasteiger partial charge on any atom is 0.264 e. The van der Waals surface area contributed by atoms with Crippen LogP contribution in [0.15, 0.2) is 59.0 Å². The molecule has 0 saturated carbocycles. The van der Waals surface area contributed by atoms with Crippen LogP contribution in [0.2, 0.25) is 0 Å². The average Bonchev–Trinajstić information content (AvgIpc) is 2.99. The van der Waals surface area contributed by atoms with Gasteiger partial charge in [0.25, 0.3) is 10.0 Å². The predicted octanol–water partition coefficient (Wildman–Crippen LogP) is 7.63. The van der Waals surface area contributed by atoms with Crippen molar-refractivity contribution in [2.45, 2.75) is 89.4 Å². The maximum absolute atomic E-state index is 13.4. The molecule has 0 radical (unpaired) electrons. The Morgan fingerprint density at radius 3 is 2.61 bits per heavy atom. The Bertz CT molecular complexity index is 1240. The lowest BCUT2D eigenvalue weighted by atomic mass is 9.88. The van der Waals surface area contributed by atoms with Crippen molar-refractivity contribution in [2.24, 2.45) is 11.8 Å². The number of allylic oxidation sites excluding steroid dienone is 2. The van der Waals surface area contributed by atoms with E-state index < -0.39 is 15.8 Å². The smallest absolute Gasteiger partial charge is 0.264 e. The fraction of sp³-hybridized carbons (Fsp3) is 0.516. The van der Waals surface area contributed by atoms with Crippen molar-refractivity contribution >= 4 is 27.3 Å². The number of carbonyl (C=O) groups is 1. The molecule has 2 atom stereocenters. The highest BCUT2D eigenvalue weighted by Crippen LogP contribution is 2.35. The monoisotopic (exact) mass is 540 g/mol. The van der Waals surface area contributed by atoms with Crippen molar-refractivity contribution in [2.75, 3.05) is 16.2 Å². The van der Waals surface area contributed by atoms with Crippen molar-refractivity contribution in [1.29, 1.82) is 0 Å². The van der Waals surface area contributed by atoms with Crippen molar-refractivity contribution in [1.82, 2.24) is 0 Å². The minimum Gasteiger partial charge on any atom is -0.326 e. The molecule has 1 N–H and O–H groups in total. The van der Waals surface area contributed by atoms with Crippen LogP contribution >= 0.6 is 0 Å².